The van der Waals surface area contributed by atoms with Crippen molar-refractivity contribution < 1.29 is 9.60 Å². The molecular weight excluding hydrogens is 157 g/mol. The molecule has 3 heteroatoms. The number of nitrogens with zero attached hydrogens (tertiary/aromatic N) is 1. The molecule has 3 unspecified atom stereocenters. The average molecular weight is 170 g/mol. The van der Waals surface area contributed by atoms with Crippen LogP contribution in [0.5, 0.6) is 0 Å². The third kappa shape index (κ3) is 0.811. The summed E-state index contributed by atoms with van der Waals surface area (Å²) in [4.78, 5) is 0. The van der Waals surface area contributed by atoms with Crippen LogP contribution in [-0.2, 0) is 5.21 Å². The van der Waals surface area contributed by atoms with E-state index in [9.17, 15) is 9.60 Å². The molecule has 1 radical (unpaired) electrons. The average Bonchev–Trinajstić information content (AvgIpc) is 1.96. The minimum absolute atomic E-state index is 0.0150. The Balaban J connectivity index is 1.95. The predicted octanol–water partition coefficient (Wildman–Crippen LogP) is 1.69. The number of piperidine rings is 2. The summed E-state index contributed by atoms with van der Waals surface area (Å²) >= 11 is 0. The predicted molar refractivity (Wildman–Crippen MR) is 40.5 cm³/mol. The van der Waals surface area contributed by atoms with Crippen molar-refractivity contribution >= 4 is 0 Å². The van der Waals surface area contributed by atoms with Gasteiger partial charge in [-0.1, -0.05) is 0 Å². The number of halogens is 1. The van der Waals surface area contributed by atoms with Crippen LogP contribution in [0.1, 0.15) is 32.1 Å². The van der Waals surface area contributed by atoms with Crippen molar-refractivity contribution in [3.05, 3.63) is 0 Å². The molecule has 0 aromatic rings. The Morgan fingerprint density at radius 2 is 1.75 bits per heavy atom. The smallest absolute Gasteiger partial charge is 0.114 e. The third-order valence-electron chi connectivity index (χ3n) is 3.79. The van der Waals surface area contributed by atoms with Gasteiger partial charge in [0.15, 0.2) is 0 Å². The first-order valence-corrected chi connectivity index (χ1v) is 4.81. The van der Waals surface area contributed by atoms with E-state index in [4.69, 9.17) is 0 Å². The van der Waals surface area contributed by atoms with E-state index >= 15 is 0 Å². The van der Waals surface area contributed by atoms with Gasteiger partial charge in [0.2, 0.25) is 0 Å². The summed E-state index contributed by atoms with van der Waals surface area (Å²) < 4.78 is 13.9. The van der Waals surface area contributed by atoms with Crippen molar-refractivity contribution in [3.8, 4) is 0 Å². The topological polar surface area (TPSA) is 23.1 Å². The Hall–Kier alpha value is -0.150. The van der Waals surface area contributed by atoms with E-state index < -0.39 is 5.67 Å². The Kier molecular flexibility index (Phi) is 1.22. The van der Waals surface area contributed by atoms with E-state index in [1.807, 2.05) is 0 Å². The molecule has 0 aromatic carbocycles. The minimum Gasteiger partial charge on any atom is -0.244 e. The maximum Gasteiger partial charge on any atom is 0.114 e. The highest BCUT2D eigenvalue weighted by molar-refractivity contribution is 5.06. The molecule has 0 amide bonds. The zero-order chi connectivity index (χ0) is 8.34. The van der Waals surface area contributed by atoms with Crippen LogP contribution in [0.25, 0.3) is 0 Å². The lowest BCUT2D eigenvalue weighted by molar-refractivity contribution is -0.287. The van der Waals surface area contributed by atoms with Crippen LogP contribution < -0.4 is 0 Å². The highest BCUT2D eigenvalue weighted by Crippen LogP contribution is 2.52. The monoisotopic (exact) mass is 170 g/mol. The zero-order valence-electron chi connectivity index (χ0n) is 7.00. The molecule has 2 aliphatic heterocycles. The maximum absolute atomic E-state index is 13.9. The summed E-state index contributed by atoms with van der Waals surface area (Å²) in [5, 5.41) is 12.6. The number of hydroxylamine groups is 2. The molecule has 67 valence electrons. The van der Waals surface area contributed by atoms with Gasteiger partial charge in [-0.05, 0) is 38.0 Å². The molecule has 2 nitrogen and oxygen atoms in total. The van der Waals surface area contributed by atoms with Crippen LogP contribution in [0.15, 0.2) is 0 Å². The third-order valence-corrected chi connectivity index (χ3v) is 3.79. The first kappa shape index (κ1) is 7.27. The fraction of sp³-hybridized carbons (Fsp3) is 1.00. The van der Waals surface area contributed by atoms with Gasteiger partial charge in [-0.2, -0.15) is 0 Å². The van der Waals surface area contributed by atoms with Gasteiger partial charge >= 0.3 is 0 Å². The summed E-state index contributed by atoms with van der Waals surface area (Å²) in [5.41, 5.74) is -0.961. The zero-order valence-corrected chi connectivity index (χ0v) is 7.00. The highest BCUT2D eigenvalue weighted by Gasteiger charge is 2.55. The molecule has 2 saturated carbocycles. The summed E-state index contributed by atoms with van der Waals surface area (Å²) in [6, 6.07) is 0.0301. The van der Waals surface area contributed by atoms with Crippen molar-refractivity contribution in [1.29, 1.82) is 0 Å². The summed E-state index contributed by atoms with van der Waals surface area (Å²) in [5.74, 6) is 0.512. The first-order valence-electron chi connectivity index (χ1n) is 4.81. The number of alkyl halides is 1. The van der Waals surface area contributed by atoms with E-state index in [1.165, 1.54) is 5.06 Å². The lowest BCUT2D eigenvalue weighted by Crippen LogP contribution is -2.61. The molecule has 4 aliphatic rings. The van der Waals surface area contributed by atoms with Crippen molar-refractivity contribution in [2.24, 2.45) is 5.92 Å². The van der Waals surface area contributed by atoms with Gasteiger partial charge in [0.05, 0.1) is 0 Å². The van der Waals surface area contributed by atoms with Crippen LogP contribution in [0, 0.1) is 5.92 Å². The number of hydrogen-bond acceptors (Lipinski definition) is 1. The number of rotatable bonds is 0. The normalized spacial score (nSPS) is 58.0. The first-order chi connectivity index (χ1) is 5.66. The van der Waals surface area contributed by atoms with Crippen LogP contribution in [-0.4, -0.2) is 22.8 Å². The summed E-state index contributed by atoms with van der Waals surface area (Å²) in [6.45, 7) is 0. The van der Waals surface area contributed by atoms with Gasteiger partial charge < -0.3 is 0 Å². The lowest BCUT2D eigenvalue weighted by atomic mass is 9.63. The summed E-state index contributed by atoms with van der Waals surface area (Å²) in [6.07, 6.45) is 3.64. The molecular formula is C9H13FNO. The van der Waals surface area contributed by atoms with E-state index in [0.717, 1.165) is 19.3 Å². The molecule has 2 saturated heterocycles. The van der Waals surface area contributed by atoms with E-state index in [-0.39, 0.29) is 12.1 Å². The Labute approximate surface area is 71.3 Å². The van der Waals surface area contributed by atoms with Gasteiger partial charge in [0.25, 0.3) is 0 Å². The quantitative estimate of drug-likeness (QED) is 0.542. The molecule has 4 fully saturated rings. The fourth-order valence-electron chi connectivity index (χ4n) is 3.50. The Bertz CT molecular complexity index is 205. The second kappa shape index (κ2) is 2.02. The van der Waals surface area contributed by atoms with E-state index in [2.05, 4.69) is 0 Å². The Morgan fingerprint density at radius 1 is 1.17 bits per heavy atom. The molecule has 0 spiro atoms. The minimum atomic E-state index is -0.961. The molecule has 2 aliphatic carbocycles. The SMILES string of the molecule is [O]N1C2CC3C[C@@H]1CC(F)(C3)C2. The maximum atomic E-state index is 13.9. The van der Waals surface area contributed by atoms with Crippen molar-refractivity contribution in [3.63, 3.8) is 0 Å². The van der Waals surface area contributed by atoms with E-state index in [1.54, 1.807) is 0 Å². The van der Waals surface area contributed by atoms with Gasteiger partial charge in [0, 0.05) is 12.1 Å². The molecule has 0 aromatic heterocycles. The summed E-state index contributed by atoms with van der Waals surface area (Å²) in [7, 11) is 0. The van der Waals surface area contributed by atoms with Gasteiger partial charge in [-0.3, -0.25) is 0 Å². The largest absolute Gasteiger partial charge is 0.244 e. The molecule has 4 rings (SSSR count). The number of hydrogen-bond donors (Lipinski definition) is 0. The van der Waals surface area contributed by atoms with E-state index in [0.29, 0.717) is 18.8 Å². The van der Waals surface area contributed by atoms with Crippen molar-refractivity contribution in [2.45, 2.75) is 49.9 Å². The van der Waals surface area contributed by atoms with Gasteiger partial charge in [-0.15, -0.1) is 10.3 Å². The highest BCUT2D eigenvalue weighted by atomic mass is 19.1. The molecule has 12 heavy (non-hydrogen) atoms. The van der Waals surface area contributed by atoms with Crippen LogP contribution in [0.3, 0.4) is 0 Å². The van der Waals surface area contributed by atoms with Gasteiger partial charge in [-0.25, -0.2) is 4.39 Å². The second-order valence-electron chi connectivity index (χ2n) is 4.77. The lowest BCUT2D eigenvalue weighted by Gasteiger charge is -2.55. The van der Waals surface area contributed by atoms with Crippen molar-refractivity contribution in [2.75, 3.05) is 0 Å². The second-order valence-corrected chi connectivity index (χ2v) is 4.77. The van der Waals surface area contributed by atoms with Crippen molar-refractivity contribution in [1.82, 2.24) is 5.06 Å². The Morgan fingerprint density at radius 3 is 2.25 bits per heavy atom. The molecule has 2 heterocycles. The molecule has 4 atom stereocenters. The molecule has 4 bridgehead atoms. The fourth-order valence-corrected chi connectivity index (χ4v) is 3.50. The molecule has 0 N–H and O–H groups in total. The van der Waals surface area contributed by atoms with Crippen LogP contribution in [0.4, 0.5) is 4.39 Å². The van der Waals surface area contributed by atoms with Crippen LogP contribution >= 0.6 is 0 Å². The standard InChI is InChI=1S/C9H13FNO/c10-9-3-6-1-7(4-9)11(12)8(2-6)5-9/h6-8H,1-5H2/t6?,7-,8?,9?/m1/s1. The van der Waals surface area contributed by atoms with Gasteiger partial charge in [0.1, 0.15) is 5.67 Å². The van der Waals surface area contributed by atoms with Crippen LogP contribution in [0.2, 0.25) is 0 Å².